The van der Waals surface area contributed by atoms with E-state index in [0.29, 0.717) is 0 Å². The zero-order valence-corrected chi connectivity index (χ0v) is 9.76. The van der Waals surface area contributed by atoms with Crippen molar-refractivity contribution in [1.82, 2.24) is 0 Å². The second-order valence-electron chi connectivity index (χ2n) is 3.90. The molecule has 0 spiro atoms. The van der Waals surface area contributed by atoms with E-state index in [-0.39, 0.29) is 7.12 Å². The van der Waals surface area contributed by atoms with Crippen LogP contribution in [-0.2, 0) is 9.31 Å². The largest absolute Gasteiger partial charge is 0.456 e. The van der Waals surface area contributed by atoms with Crippen LogP contribution in [0.5, 0.6) is 0 Å². The fourth-order valence-corrected chi connectivity index (χ4v) is 1.88. The summed E-state index contributed by atoms with van der Waals surface area (Å²) in [7, 11) is -0.0158. The molecule has 1 aliphatic heterocycles. The first kappa shape index (κ1) is 11.5. The molecule has 1 aromatic rings. The van der Waals surface area contributed by atoms with Crippen molar-refractivity contribution in [2.75, 3.05) is 31.2 Å². The lowest BCUT2D eigenvalue weighted by Gasteiger charge is -2.28. The molecule has 3 nitrogen and oxygen atoms in total. The van der Waals surface area contributed by atoms with Crippen molar-refractivity contribution in [2.24, 2.45) is 0 Å². The number of benzene rings is 1. The minimum absolute atomic E-state index is 0.0158. The lowest BCUT2D eigenvalue weighted by molar-refractivity contribution is 0.188. The first-order valence-electron chi connectivity index (χ1n) is 5.93. The van der Waals surface area contributed by atoms with Gasteiger partial charge in [-0.3, -0.25) is 0 Å². The quantitative estimate of drug-likeness (QED) is 0.710. The Morgan fingerprint density at radius 3 is 2.31 bits per heavy atom. The molecule has 4 heteroatoms. The molecule has 86 valence electrons. The minimum atomic E-state index is -0.0158. The van der Waals surface area contributed by atoms with Crippen LogP contribution < -0.4 is 4.90 Å². The summed E-state index contributed by atoms with van der Waals surface area (Å²) in [6, 6.07) is 10.4. The van der Waals surface area contributed by atoms with Crippen molar-refractivity contribution >= 4 is 12.8 Å². The molecule has 1 fully saturated rings. The fraction of sp³-hybridized carbons (Fsp3) is 0.500. The van der Waals surface area contributed by atoms with Crippen molar-refractivity contribution in [1.29, 1.82) is 0 Å². The SMILES string of the molecule is CCB1OCCN(c2ccccc2)CCO1. The molecule has 2 rings (SSSR count). The van der Waals surface area contributed by atoms with Crippen molar-refractivity contribution in [2.45, 2.75) is 13.2 Å². The van der Waals surface area contributed by atoms with Crippen LogP contribution >= 0.6 is 0 Å². The molecule has 0 atom stereocenters. The van der Waals surface area contributed by atoms with E-state index in [0.717, 1.165) is 32.6 Å². The third-order valence-electron chi connectivity index (χ3n) is 2.78. The zero-order valence-electron chi connectivity index (χ0n) is 9.76. The van der Waals surface area contributed by atoms with E-state index < -0.39 is 0 Å². The topological polar surface area (TPSA) is 21.7 Å². The highest BCUT2D eigenvalue weighted by atomic mass is 16.6. The van der Waals surface area contributed by atoms with Crippen LogP contribution in [0, 0.1) is 0 Å². The summed E-state index contributed by atoms with van der Waals surface area (Å²) in [6.45, 7) is 5.41. The number of para-hydroxylation sites is 1. The number of nitrogens with zero attached hydrogens (tertiary/aromatic N) is 1. The maximum absolute atomic E-state index is 5.62. The molecule has 0 aromatic heterocycles. The Morgan fingerprint density at radius 2 is 1.75 bits per heavy atom. The number of hydrogen-bond donors (Lipinski definition) is 0. The van der Waals surface area contributed by atoms with E-state index in [1.54, 1.807) is 0 Å². The summed E-state index contributed by atoms with van der Waals surface area (Å²) < 4.78 is 11.2. The smallest absolute Gasteiger partial charge is 0.409 e. The van der Waals surface area contributed by atoms with Gasteiger partial charge in [-0.1, -0.05) is 25.1 Å². The molecule has 0 N–H and O–H groups in total. The van der Waals surface area contributed by atoms with Crippen LogP contribution in [0.1, 0.15) is 6.92 Å². The average Bonchev–Trinajstić information content (AvgIpc) is 2.30. The standard InChI is InChI=1S/C12H18BNO2/c1-2-13-15-10-8-14(9-11-16-13)12-6-4-3-5-7-12/h3-7H,2,8-11H2,1H3. The molecule has 1 aliphatic rings. The van der Waals surface area contributed by atoms with Gasteiger partial charge in [-0.05, 0) is 18.5 Å². The van der Waals surface area contributed by atoms with Gasteiger partial charge in [0.05, 0.1) is 0 Å². The van der Waals surface area contributed by atoms with Gasteiger partial charge in [0, 0.05) is 32.0 Å². The monoisotopic (exact) mass is 219 g/mol. The summed E-state index contributed by atoms with van der Waals surface area (Å²) in [5.74, 6) is 0. The second-order valence-corrected chi connectivity index (χ2v) is 3.90. The molecular formula is C12H18BNO2. The molecule has 0 radical (unpaired) electrons. The van der Waals surface area contributed by atoms with Gasteiger partial charge in [0.15, 0.2) is 0 Å². The Labute approximate surface area is 97.5 Å². The van der Waals surface area contributed by atoms with Gasteiger partial charge in [-0.25, -0.2) is 0 Å². The van der Waals surface area contributed by atoms with Crippen LogP contribution in [0.4, 0.5) is 5.69 Å². The predicted octanol–water partition coefficient (Wildman–Crippen LogP) is 2.05. The maximum Gasteiger partial charge on any atom is 0.456 e. The summed E-state index contributed by atoms with van der Waals surface area (Å²) in [5, 5.41) is 0. The van der Waals surface area contributed by atoms with Crippen LogP contribution in [0.25, 0.3) is 0 Å². The molecule has 0 saturated carbocycles. The summed E-state index contributed by atoms with van der Waals surface area (Å²) >= 11 is 0. The fourth-order valence-electron chi connectivity index (χ4n) is 1.88. The highest BCUT2D eigenvalue weighted by Gasteiger charge is 2.19. The Hall–Kier alpha value is -0.995. The molecule has 0 bridgehead atoms. The van der Waals surface area contributed by atoms with Crippen LogP contribution in [0.15, 0.2) is 30.3 Å². The molecular weight excluding hydrogens is 201 g/mol. The zero-order chi connectivity index (χ0) is 11.2. The Kier molecular flexibility index (Phi) is 4.25. The van der Waals surface area contributed by atoms with Gasteiger partial charge in [-0.15, -0.1) is 0 Å². The molecule has 0 aliphatic carbocycles. The third-order valence-corrected chi connectivity index (χ3v) is 2.78. The van der Waals surface area contributed by atoms with Gasteiger partial charge < -0.3 is 14.2 Å². The van der Waals surface area contributed by atoms with E-state index in [9.17, 15) is 0 Å². The Morgan fingerprint density at radius 1 is 1.12 bits per heavy atom. The number of rotatable bonds is 2. The predicted molar refractivity (Wildman–Crippen MR) is 66.8 cm³/mol. The van der Waals surface area contributed by atoms with Crippen molar-refractivity contribution in [3.63, 3.8) is 0 Å². The Bertz CT molecular complexity index is 297. The Balaban J connectivity index is 1.93. The minimum Gasteiger partial charge on any atom is -0.409 e. The third kappa shape index (κ3) is 3.00. The summed E-state index contributed by atoms with van der Waals surface area (Å²) in [4.78, 5) is 2.30. The lowest BCUT2D eigenvalue weighted by atomic mass is 9.86. The normalized spacial score (nSPS) is 18.1. The molecule has 0 unspecified atom stereocenters. The second kappa shape index (κ2) is 5.92. The highest BCUT2D eigenvalue weighted by Crippen LogP contribution is 2.14. The summed E-state index contributed by atoms with van der Waals surface area (Å²) in [6.07, 6.45) is 0.922. The van der Waals surface area contributed by atoms with Gasteiger partial charge in [0.1, 0.15) is 0 Å². The first-order valence-corrected chi connectivity index (χ1v) is 5.93. The summed E-state index contributed by atoms with van der Waals surface area (Å²) in [5.41, 5.74) is 1.24. The molecule has 1 saturated heterocycles. The van der Waals surface area contributed by atoms with Gasteiger partial charge in [0.25, 0.3) is 0 Å². The molecule has 16 heavy (non-hydrogen) atoms. The van der Waals surface area contributed by atoms with E-state index in [1.807, 2.05) is 6.07 Å². The lowest BCUT2D eigenvalue weighted by Crippen LogP contribution is -2.38. The van der Waals surface area contributed by atoms with Crippen LogP contribution in [0.2, 0.25) is 6.32 Å². The van der Waals surface area contributed by atoms with E-state index in [2.05, 4.69) is 36.1 Å². The van der Waals surface area contributed by atoms with Crippen LogP contribution in [0.3, 0.4) is 0 Å². The number of anilines is 1. The van der Waals surface area contributed by atoms with Gasteiger partial charge in [-0.2, -0.15) is 0 Å². The van der Waals surface area contributed by atoms with Crippen molar-refractivity contribution in [3.8, 4) is 0 Å². The van der Waals surface area contributed by atoms with Crippen molar-refractivity contribution < 1.29 is 9.31 Å². The van der Waals surface area contributed by atoms with E-state index >= 15 is 0 Å². The van der Waals surface area contributed by atoms with E-state index in [1.165, 1.54) is 5.69 Å². The van der Waals surface area contributed by atoms with Gasteiger partial charge >= 0.3 is 7.12 Å². The highest BCUT2D eigenvalue weighted by molar-refractivity contribution is 6.44. The van der Waals surface area contributed by atoms with E-state index in [4.69, 9.17) is 9.31 Å². The average molecular weight is 219 g/mol. The maximum atomic E-state index is 5.62. The molecule has 0 amide bonds. The number of hydrogen-bond acceptors (Lipinski definition) is 3. The molecule has 1 heterocycles. The molecule has 1 aromatic carbocycles. The first-order chi connectivity index (χ1) is 7.90. The van der Waals surface area contributed by atoms with Gasteiger partial charge in [0.2, 0.25) is 0 Å². The van der Waals surface area contributed by atoms with Crippen molar-refractivity contribution in [3.05, 3.63) is 30.3 Å². The van der Waals surface area contributed by atoms with Crippen LogP contribution in [-0.4, -0.2) is 33.4 Å².